The Morgan fingerprint density at radius 1 is 1.16 bits per heavy atom. The van der Waals surface area contributed by atoms with Gasteiger partial charge < -0.3 is 15.2 Å². The van der Waals surface area contributed by atoms with E-state index >= 15 is 0 Å². The number of thiophene rings is 1. The molecule has 3 nitrogen and oxygen atoms in total. The summed E-state index contributed by atoms with van der Waals surface area (Å²) in [5.74, 6) is 0.860. The van der Waals surface area contributed by atoms with E-state index in [2.05, 4.69) is 11.4 Å². The Bertz CT molecular complexity index is 456. The first-order valence-electron chi connectivity index (χ1n) is 6.34. The third-order valence-electron chi connectivity index (χ3n) is 2.74. The molecule has 0 fully saturated rings. The largest absolute Gasteiger partial charge is 0.491 e. The summed E-state index contributed by atoms with van der Waals surface area (Å²) in [5.41, 5.74) is 7.10. The summed E-state index contributed by atoms with van der Waals surface area (Å²) < 4.78 is 11.4. The van der Waals surface area contributed by atoms with Crippen molar-refractivity contribution in [2.75, 3.05) is 13.2 Å². The molecule has 1 aromatic heterocycles. The van der Waals surface area contributed by atoms with Crippen molar-refractivity contribution in [2.24, 2.45) is 5.73 Å². The van der Waals surface area contributed by atoms with Crippen LogP contribution in [0.5, 0.6) is 5.75 Å². The molecular weight excluding hydrogens is 258 g/mol. The van der Waals surface area contributed by atoms with Crippen molar-refractivity contribution in [3.05, 3.63) is 52.7 Å². The van der Waals surface area contributed by atoms with Crippen LogP contribution in [0.2, 0.25) is 0 Å². The highest BCUT2D eigenvalue weighted by atomic mass is 32.1. The molecular formula is C15H19NO2S. The first-order chi connectivity index (χ1) is 9.27. The molecule has 2 atom stereocenters. The van der Waals surface area contributed by atoms with Gasteiger partial charge in [-0.3, -0.25) is 0 Å². The van der Waals surface area contributed by atoms with E-state index in [-0.39, 0.29) is 12.1 Å². The van der Waals surface area contributed by atoms with E-state index < -0.39 is 0 Å². The van der Waals surface area contributed by atoms with E-state index in [0.29, 0.717) is 13.2 Å². The van der Waals surface area contributed by atoms with Gasteiger partial charge in [-0.25, -0.2) is 0 Å². The van der Waals surface area contributed by atoms with Crippen molar-refractivity contribution >= 4 is 11.3 Å². The SMILES string of the molecule is CC(N)C(OCCOc1ccccc1)c1ccsc1. The van der Waals surface area contributed by atoms with Gasteiger partial charge in [0.15, 0.2) is 0 Å². The molecule has 2 rings (SSSR count). The molecule has 0 bridgehead atoms. The summed E-state index contributed by atoms with van der Waals surface area (Å²) in [7, 11) is 0. The molecule has 0 aliphatic heterocycles. The second-order valence-electron chi connectivity index (χ2n) is 4.37. The maximum Gasteiger partial charge on any atom is 0.119 e. The van der Waals surface area contributed by atoms with Crippen LogP contribution in [0.1, 0.15) is 18.6 Å². The number of rotatable bonds is 7. The topological polar surface area (TPSA) is 44.5 Å². The van der Waals surface area contributed by atoms with Crippen molar-refractivity contribution in [2.45, 2.75) is 19.1 Å². The van der Waals surface area contributed by atoms with Crippen LogP contribution in [0.25, 0.3) is 0 Å². The number of hydrogen-bond acceptors (Lipinski definition) is 4. The average molecular weight is 277 g/mol. The van der Waals surface area contributed by atoms with E-state index in [1.54, 1.807) is 11.3 Å². The molecule has 0 spiro atoms. The number of ether oxygens (including phenoxy) is 2. The highest BCUT2D eigenvalue weighted by Gasteiger charge is 2.17. The average Bonchev–Trinajstić information content (AvgIpc) is 2.93. The van der Waals surface area contributed by atoms with Crippen LogP contribution >= 0.6 is 11.3 Å². The van der Waals surface area contributed by atoms with Gasteiger partial charge in [0.1, 0.15) is 12.4 Å². The minimum absolute atomic E-state index is 0.0358. The minimum atomic E-state index is -0.0642. The molecule has 0 aliphatic rings. The van der Waals surface area contributed by atoms with Gasteiger partial charge in [0, 0.05) is 6.04 Å². The molecule has 0 saturated heterocycles. The Morgan fingerprint density at radius 2 is 1.95 bits per heavy atom. The minimum Gasteiger partial charge on any atom is -0.491 e. The zero-order valence-electron chi connectivity index (χ0n) is 11.0. The van der Waals surface area contributed by atoms with Crippen molar-refractivity contribution in [3.63, 3.8) is 0 Å². The number of hydrogen-bond donors (Lipinski definition) is 1. The second kappa shape index (κ2) is 7.28. The number of para-hydroxylation sites is 1. The highest BCUT2D eigenvalue weighted by Crippen LogP contribution is 2.22. The lowest BCUT2D eigenvalue weighted by atomic mass is 10.1. The smallest absolute Gasteiger partial charge is 0.119 e. The Kier molecular flexibility index (Phi) is 5.39. The van der Waals surface area contributed by atoms with Crippen LogP contribution < -0.4 is 10.5 Å². The zero-order valence-corrected chi connectivity index (χ0v) is 11.8. The van der Waals surface area contributed by atoms with Crippen molar-refractivity contribution in [1.29, 1.82) is 0 Å². The maximum absolute atomic E-state index is 5.96. The summed E-state index contributed by atoms with van der Waals surface area (Å²) in [6.45, 7) is 3.01. The molecule has 0 aliphatic carbocycles. The summed E-state index contributed by atoms with van der Waals surface area (Å²) in [5, 5.41) is 4.11. The molecule has 4 heteroatoms. The van der Waals surface area contributed by atoms with Crippen molar-refractivity contribution in [3.8, 4) is 5.75 Å². The third-order valence-corrected chi connectivity index (χ3v) is 3.44. The van der Waals surface area contributed by atoms with Crippen molar-refractivity contribution < 1.29 is 9.47 Å². The van der Waals surface area contributed by atoms with E-state index in [1.165, 1.54) is 0 Å². The fourth-order valence-electron chi connectivity index (χ4n) is 1.84. The predicted octanol–water partition coefficient (Wildman–Crippen LogP) is 3.23. The first-order valence-corrected chi connectivity index (χ1v) is 7.29. The summed E-state index contributed by atoms with van der Waals surface area (Å²) >= 11 is 1.65. The lowest BCUT2D eigenvalue weighted by molar-refractivity contribution is 0.0211. The van der Waals surface area contributed by atoms with Gasteiger partial charge in [0.05, 0.1) is 12.7 Å². The van der Waals surface area contributed by atoms with Gasteiger partial charge in [0.25, 0.3) is 0 Å². The lowest BCUT2D eigenvalue weighted by Crippen LogP contribution is -2.27. The molecule has 2 N–H and O–H groups in total. The highest BCUT2D eigenvalue weighted by molar-refractivity contribution is 7.07. The Hall–Kier alpha value is -1.36. The van der Waals surface area contributed by atoms with E-state index in [4.69, 9.17) is 15.2 Å². The van der Waals surface area contributed by atoms with Gasteiger partial charge in [-0.05, 0) is 41.4 Å². The fraction of sp³-hybridized carbons (Fsp3) is 0.333. The van der Waals surface area contributed by atoms with Gasteiger partial charge in [0.2, 0.25) is 0 Å². The molecule has 1 aromatic carbocycles. The first kappa shape index (κ1) is 14.1. The van der Waals surface area contributed by atoms with E-state index in [0.717, 1.165) is 11.3 Å². The molecule has 0 amide bonds. The van der Waals surface area contributed by atoms with Crippen LogP contribution in [0.15, 0.2) is 47.2 Å². The molecule has 0 radical (unpaired) electrons. The fourth-order valence-corrected chi connectivity index (χ4v) is 2.52. The van der Waals surface area contributed by atoms with E-state index in [9.17, 15) is 0 Å². The van der Waals surface area contributed by atoms with Gasteiger partial charge in [-0.2, -0.15) is 11.3 Å². The molecule has 0 saturated carbocycles. The Balaban J connectivity index is 1.77. The number of nitrogens with two attached hydrogens (primary N) is 1. The molecule has 2 aromatic rings. The summed E-state index contributed by atoms with van der Waals surface area (Å²) in [6.07, 6.45) is -0.0642. The summed E-state index contributed by atoms with van der Waals surface area (Å²) in [6, 6.07) is 11.7. The third kappa shape index (κ3) is 4.35. The molecule has 1 heterocycles. The van der Waals surface area contributed by atoms with Crippen LogP contribution in [-0.4, -0.2) is 19.3 Å². The zero-order chi connectivity index (χ0) is 13.5. The van der Waals surface area contributed by atoms with Gasteiger partial charge in [-0.15, -0.1) is 0 Å². The van der Waals surface area contributed by atoms with Gasteiger partial charge >= 0.3 is 0 Å². The van der Waals surface area contributed by atoms with Crippen LogP contribution in [-0.2, 0) is 4.74 Å². The molecule has 2 unspecified atom stereocenters. The normalized spacial score (nSPS) is 14.0. The number of benzene rings is 1. The summed E-state index contributed by atoms with van der Waals surface area (Å²) in [4.78, 5) is 0. The maximum atomic E-state index is 5.96. The van der Waals surface area contributed by atoms with Crippen LogP contribution in [0.4, 0.5) is 0 Å². The quantitative estimate of drug-likeness (QED) is 0.790. The Labute approximate surface area is 118 Å². The lowest BCUT2D eigenvalue weighted by Gasteiger charge is -2.20. The second-order valence-corrected chi connectivity index (χ2v) is 5.15. The Morgan fingerprint density at radius 3 is 2.58 bits per heavy atom. The van der Waals surface area contributed by atoms with Gasteiger partial charge in [-0.1, -0.05) is 18.2 Å². The van der Waals surface area contributed by atoms with Crippen molar-refractivity contribution in [1.82, 2.24) is 0 Å². The molecule has 102 valence electrons. The predicted molar refractivity (Wildman–Crippen MR) is 78.6 cm³/mol. The van der Waals surface area contributed by atoms with E-state index in [1.807, 2.05) is 42.6 Å². The molecule has 19 heavy (non-hydrogen) atoms. The monoisotopic (exact) mass is 277 g/mol. The van der Waals surface area contributed by atoms with Crippen LogP contribution in [0.3, 0.4) is 0 Å². The van der Waals surface area contributed by atoms with Crippen LogP contribution in [0, 0.1) is 0 Å². The standard InChI is InChI=1S/C15H19NO2S/c1-12(16)15(13-7-10-19-11-13)18-9-8-17-14-5-3-2-4-6-14/h2-7,10-12,15H,8-9,16H2,1H3.